The SMILES string of the molecule is COc1cccc(CN2C[C@@H]3C[C@@H](/C=C/c4ccco4)N4CCC[C@@]34C2=O)c1. The molecular formula is C23H26N2O3. The lowest BCUT2D eigenvalue weighted by atomic mass is 9.85. The van der Waals surface area contributed by atoms with E-state index in [9.17, 15) is 4.79 Å². The number of rotatable bonds is 5. The van der Waals surface area contributed by atoms with Crippen LogP contribution >= 0.6 is 0 Å². The summed E-state index contributed by atoms with van der Waals surface area (Å²) in [6.45, 7) is 2.51. The van der Waals surface area contributed by atoms with Gasteiger partial charge in [0.25, 0.3) is 0 Å². The lowest BCUT2D eigenvalue weighted by molar-refractivity contribution is -0.137. The molecule has 5 rings (SSSR count). The van der Waals surface area contributed by atoms with Gasteiger partial charge in [0.15, 0.2) is 0 Å². The Kier molecular flexibility index (Phi) is 4.27. The number of ether oxygens (including phenoxy) is 1. The molecule has 3 aliphatic rings. The lowest BCUT2D eigenvalue weighted by Gasteiger charge is -2.32. The van der Waals surface area contributed by atoms with Crippen LogP contribution in [0.2, 0.25) is 0 Å². The molecule has 0 radical (unpaired) electrons. The minimum Gasteiger partial charge on any atom is -0.497 e. The third kappa shape index (κ3) is 2.68. The maximum Gasteiger partial charge on any atom is 0.243 e. The Hall–Kier alpha value is -2.53. The summed E-state index contributed by atoms with van der Waals surface area (Å²) in [7, 11) is 1.68. The number of amides is 1. The van der Waals surface area contributed by atoms with Gasteiger partial charge in [0.1, 0.15) is 17.0 Å². The maximum absolute atomic E-state index is 13.5. The summed E-state index contributed by atoms with van der Waals surface area (Å²) in [6, 6.07) is 12.2. The van der Waals surface area contributed by atoms with E-state index in [-0.39, 0.29) is 5.54 Å². The van der Waals surface area contributed by atoms with Crippen molar-refractivity contribution in [1.29, 1.82) is 0 Å². The van der Waals surface area contributed by atoms with Crippen LogP contribution < -0.4 is 4.74 Å². The number of carbonyl (C=O) groups excluding carboxylic acids is 1. The molecule has 3 saturated heterocycles. The monoisotopic (exact) mass is 378 g/mol. The Bertz CT molecular complexity index is 891. The fourth-order valence-electron chi connectivity index (χ4n) is 5.53. The van der Waals surface area contributed by atoms with Gasteiger partial charge < -0.3 is 14.1 Å². The van der Waals surface area contributed by atoms with Crippen molar-refractivity contribution in [1.82, 2.24) is 9.80 Å². The number of likely N-dealkylation sites (tertiary alicyclic amines) is 1. The van der Waals surface area contributed by atoms with Crippen molar-refractivity contribution in [2.45, 2.75) is 37.4 Å². The minimum atomic E-state index is -0.295. The maximum atomic E-state index is 13.5. The van der Waals surface area contributed by atoms with E-state index in [2.05, 4.69) is 28.0 Å². The first kappa shape index (κ1) is 17.6. The molecular weight excluding hydrogens is 352 g/mol. The number of carbonyl (C=O) groups is 1. The number of hydrogen-bond donors (Lipinski definition) is 0. The highest BCUT2D eigenvalue weighted by Gasteiger charge is 2.64. The molecule has 3 atom stereocenters. The van der Waals surface area contributed by atoms with E-state index in [1.54, 1.807) is 13.4 Å². The molecule has 4 heterocycles. The summed E-state index contributed by atoms with van der Waals surface area (Å²) in [5, 5.41) is 0. The summed E-state index contributed by atoms with van der Waals surface area (Å²) in [5.41, 5.74) is 0.833. The first-order valence-electron chi connectivity index (χ1n) is 10.1. The number of furan rings is 1. The van der Waals surface area contributed by atoms with E-state index in [1.807, 2.05) is 30.3 Å². The molecule has 3 aliphatic heterocycles. The third-order valence-electron chi connectivity index (χ3n) is 6.70. The second kappa shape index (κ2) is 6.82. The molecule has 0 aliphatic carbocycles. The molecule has 5 nitrogen and oxygen atoms in total. The number of nitrogens with zero attached hydrogens (tertiary/aromatic N) is 2. The summed E-state index contributed by atoms with van der Waals surface area (Å²) >= 11 is 0. The Morgan fingerprint density at radius 1 is 1.32 bits per heavy atom. The van der Waals surface area contributed by atoms with Crippen molar-refractivity contribution in [3.8, 4) is 5.75 Å². The average Bonchev–Trinajstić information content (AvgIpc) is 3.46. The molecule has 1 aromatic heterocycles. The molecule has 0 N–H and O–H groups in total. The minimum absolute atomic E-state index is 0.295. The first-order valence-corrected chi connectivity index (χ1v) is 10.1. The van der Waals surface area contributed by atoms with Crippen LogP contribution in [0.4, 0.5) is 0 Å². The van der Waals surface area contributed by atoms with Gasteiger partial charge in [0.2, 0.25) is 5.91 Å². The first-order chi connectivity index (χ1) is 13.7. The Labute approximate surface area is 165 Å². The van der Waals surface area contributed by atoms with Crippen LogP contribution in [-0.4, -0.2) is 47.5 Å². The summed E-state index contributed by atoms with van der Waals surface area (Å²) in [4.78, 5) is 18.1. The van der Waals surface area contributed by atoms with E-state index in [0.717, 1.165) is 49.4 Å². The number of methoxy groups -OCH3 is 1. The van der Waals surface area contributed by atoms with Gasteiger partial charge in [-0.25, -0.2) is 0 Å². The summed E-state index contributed by atoms with van der Waals surface area (Å²) in [5.74, 6) is 2.43. The average molecular weight is 378 g/mol. The van der Waals surface area contributed by atoms with Gasteiger partial charge in [-0.1, -0.05) is 18.2 Å². The van der Waals surface area contributed by atoms with Crippen molar-refractivity contribution >= 4 is 12.0 Å². The summed E-state index contributed by atoms with van der Waals surface area (Å²) < 4.78 is 10.8. The fraction of sp³-hybridized carbons (Fsp3) is 0.435. The molecule has 2 aromatic rings. The van der Waals surface area contributed by atoms with Crippen LogP contribution in [0, 0.1) is 5.92 Å². The Balaban J connectivity index is 1.35. The van der Waals surface area contributed by atoms with Crippen LogP contribution in [0.25, 0.3) is 6.08 Å². The van der Waals surface area contributed by atoms with Crippen LogP contribution in [0.5, 0.6) is 5.75 Å². The third-order valence-corrected chi connectivity index (χ3v) is 6.70. The van der Waals surface area contributed by atoms with Crippen molar-refractivity contribution in [3.63, 3.8) is 0 Å². The van der Waals surface area contributed by atoms with Gasteiger partial charge in [-0.15, -0.1) is 0 Å². The van der Waals surface area contributed by atoms with Crippen LogP contribution in [0.1, 0.15) is 30.6 Å². The van der Waals surface area contributed by atoms with Crippen molar-refractivity contribution in [3.05, 3.63) is 60.1 Å². The topological polar surface area (TPSA) is 45.9 Å². The molecule has 0 unspecified atom stereocenters. The van der Waals surface area contributed by atoms with E-state index in [1.165, 1.54) is 0 Å². The lowest BCUT2D eigenvalue weighted by Crippen LogP contribution is -2.50. The zero-order chi connectivity index (χ0) is 19.1. The predicted molar refractivity (Wildman–Crippen MR) is 107 cm³/mol. The second-order valence-corrected chi connectivity index (χ2v) is 8.13. The molecule has 3 fully saturated rings. The van der Waals surface area contributed by atoms with Gasteiger partial charge in [-0.05, 0) is 61.7 Å². The van der Waals surface area contributed by atoms with E-state index in [4.69, 9.17) is 9.15 Å². The smallest absolute Gasteiger partial charge is 0.243 e. The predicted octanol–water partition coefficient (Wildman–Crippen LogP) is 3.57. The molecule has 1 spiro atoms. The largest absolute Gasteiger partial charge is 0.497 e. The van der Waals surface area contributed by atoms with Gasteiger partial charge in [-0.2, -0.15) is 0 Å². The number of hydrogen-bond acceptors (Lipinski definition) is 4. The van der Waals surface area contributed by atoms with Gasteiger partial charge in [0.05, 0.1) is 13.4 Å². The van der Waals surface area contributed by atoms with Crippen molar-refractivity contribution < 1.29 is 13.9 Å². The van der Waals surface area contributed by atoms with E-state index >= 15 is 0 Å². The zero-order valence-corrected chi connectivity index (χ0v) is 16.2. The van der Waals surface area contributed by atoms with Crippen LogP contribution in [0.15, 0.2) is 53.2 Å². The highest BCUT2D eigenvalue weighted by molar-refractivity contribution is 5.90. The van der Waals surface area contributed by atoms with Gasteiger partial charge in [0, 0.05) is 25.0 Å². The van der Waals surface area contributed by atoms with Gasteiger partial charge in [-0.3, -0.25) is 9.69 Å². The quantitative estimate of drug-likeness (QED) is 0.798. The van der Waals surface area contributed by atoms with E-state index < -0.39 is 0 Å². The molecule has 5 heteroatoms. The highest BCUT2D eigenvalue weighted by Crippen LogP contribution is 2.52. The Morgan fingerprint density at radius 2 is 2.25 bits per heavy atom. The molecule has 1 amide bonds. The molecule has 0 saturated carbocycles. The fourth-order valence-corrected chi connectivity index (χ4v) is 5.53. The highest BCUT2D eigenvalue weighted by atomic mass is 16.5. The Morgan fingerprint density at radius 3 is 3.07 bits per heavy atom. The molecule has 28 heavy (non-hydrogen) atoms. The van der Waals surface area contributed by atoms with Crippen LogP contribution in [-0.2, 0) is 11.3 Å². The molecule has 1 aromatic carbocycles. The number of benzene rings is 1. The zero-order valence-electron chi connectivity index (χ0n) is 16.2. The standard InChI is InChI=1S/C23H26N2O3/c1-27-21-6-2-5-17(13-21)15-24-16-18-14-19(8-9-20-7-3-12-28-20)25-11-4-10-23(18,25)22(24)26/h2-3,5-9,12-13,18-19H,4,10-11,14-16H2,1H3/b9-8+/t18-,19+,23-/m0/s1. The van der Waals surface area contributed by atoms with E-state index in [0.29, 0.717) is 24.4 Å². The molecule has 146 valence electrons. The van der Waals surface area contributed by atoms with Crippen LogP contribution in [0.3, 0.4) is 0 Å². The van der Waals surface area contributed by atoms with Crippen molar-refractivity contribution in [2.75, 3.05) is 20.2 Å². The molecule has 0 bridgehead atoms. The van der Waals surface area contributed by atoms with Gasteiger partial charge >= 0.3 is 0 Å². The summed E-state index contributed by atoms with van der Waals surface area (Å²) in [6.07, 6.45) is 9.09. The normalized spacial score (nSPS) is 29.6. The van der Waals surface area contributed by atoms with Crippen molar-refractivity contribution in [2.24, 2.45) is 5.92 Å². The second-order valence-electron chi connectivity index (χ2n) is 8.13.